The lowest BCUT2D eigenvalue weighted by Crippen LogP contribution is -2.57. The van der Waals surface area contributed by atoms with Crippen LogP contribution in [0.3, 0.4) is 0 Å². The highest BCUT2D eigenvalue weighted by Crippen LogP contribution is 2.39. The molecule has 1 heterocycles. The molecule has 23 heavy (non-hydrogen) atoms. The summed E-state index contributed by atoms with van der Waals surface area (Å²) in [6.45, 7) is 7.32. The Bertz CT molecular complexity index is 502. The molecule has 0 spiro atoms. The van der Waals surface area contributed by atoms with Gasteiger partial charge >= 0.3 is 0 Å². The van der Waals surface area contributed by atoms with Crippen molar-refractivity contribution in [2.45, 2.75) is 45.6 Å². The van der Waals surface area contributed by atoms with Crippen LogP contribution in [-0.4, -0.2) is 42.4 Å². The SMILES string of the molecule is CCCC1(CCC(C)O)CN(CCOc2ccc(F)c(F)c2)C1. The smallest absolute Gasteiger partial charge is 0.162 e. The topological polar surface area (TPSA) is 32.7 Å². The lowest BCUT2D eigenvalue weighted by molar-refractivity contribution is -0.0281. The molecule has 0 amide bonds. The predicted molar refractivity (Wildman–Crippen MR) is 86.5 cm³/mol. The first-order valence-corrected chi connectivity index (χ1v) is 8.42. The maximum absolute atomic E-state index is 13.1. The Kier molecular flexibility index (Phi) is 6.36. The first kappa shape index (κ1) is 18.1. The number of halogens is 2. The molecule has 0 saturated carbocycles. The number of ether oxygens (including phenoxy) is 1. The second kappa shape index (κ2) is 8.06. The number of aliphatic hydroxyl groups excluding tert-OH is 1. The van der Waals surface area contributed by atoms with Gasteiger partial charge in [0.1, 0.15) is 12.4 Å². The second-order valence-corrected chi connectivity index (χ2v) is 6.77. The third-order valence-corrected chi connectivity index (χ3v) is 4.56. The van der Waals surface area contributed by atoms with Gasteiger partial charge in [0.2, 0.25) is 0 Å². The van der Waals surface area contributed by atoms with Crippen molar-refractivity contribution in [2.75, 3.05) is 26.2 Å². The first-order valence-electron chi connectivity index (χ1n) is 8.42. The van der Waals surface area contributed by atoms with Crippen LogP contribution in [0.2, 0.25) is 0 Å². The summed E-state index contributed by atoms with van der Waals surface area (Å²) in [6, 6.07) is 3.60. The predicted octanol–water partition coefficient (Wildman–Crippen LogP) is 3.61. The Morgan fingerprint density at radius 1 is 1.26 bits per heavy atom. The van der Waals surface area contributed by atoms with E-state index in [0.717, 1.165) is 51.0 Å². The van der Waals surface area contributed by atoms with E-state index in [1.807, 2.05) is 6.92 Å². The number of nitrogens with zero attached hydrogens (tertiary/aromatic N) is 1. The van der Waals surface area contributed by atoms with Crippen LogP contribution in [0.15, 0.2) is 18.2 Å². The lowest BCUT2D eigenvalue weighted by Gasteiger charge is -2.51. The van der Waals surface area contributed by atoms with Gasteiger partial charge in [-0.05, 0) is 43.7 Å². The first-order chi connectivity index (χ1) is 10.9. The second-order valence-electron chi connectivity index (χ2n) is 6.77. The van der Waals surface area contributed by atoms with Gasteiger partial charge in [0.15, 0.2) is 11.6 Å². The zero-order valence-corrected chi connectivity index (χ0v) is 14.0. The van der Waals surface area contributed by atoms with Crippen molar-refractivity contribution in [2.24, 2.45) is 5.41 Å². The van der Waals surface area contributed by atoms with Crippen LogP contribution in [0, 0.1) is 17.0 Å². The van der Waals surface area contributed by atoms with E-state index < -0.39 is 11.6 Å². The normalized spacial score (nSPS) is 18.5. The van der Waals surface area contributed by atoms with E-state index in [1.54, 1.807) is 0 Å². The monoisotopic (exact) mass is 327 g/mol. The number of aliphatic hydroxyl groups is 1. The van der Waals surface area contributed by atoms with Gasteiger partial charge in [0, 0.05) is 25.7 Å². The minimum absolute atomic E-state index is 0.241. The molecule has 0 radical (unpaired) electrons. The molecule has 2 rings (SSSR count). The average molecular weight is 327 g/mol. The van der Waals surface area contributed by atoms with Crippen molar-refractivity contribution in [1.29, 1.82) is 0 Å². The van der Waals surface area contributed by atoms with E-state index in [2.05, 4.69) is 11.8 Å². The molecule has 3 nitrogen and oxygen atoms in total. The van der Waals surface area contributed by atoms with Crippen LogP contribution in [0.4, 0.5) is 8.78 Å². The summed E-state index contributed by atoms with van der Waals surface area (Å²) in [5, 5.41) is 9.49. The fourth-order valence-electron chi connectivity index (χ4n) is 3.41. The molecule has 5 heteroatoms. The van der Waals surface area contributed by atoms with Gasteiger partial charge in [-0.15, -0.1) is 0 Å². The Hall–Kier alpha value is -1.20. The molecule has 130 valence electrons. The molecule has 0 aliphatic carbocycles. The summed E-state index contributed by atoms with van der Waals surface area (Å²) in [6.07, 6.45) is 3.99. The molecule has 1 atom stereocenters. The van der Waals surface area contributed by atoms with Crippen molar-refractivity contribution in [3.63, 3.8) is 0 Å². The fourth-order valence-corrected chi connectivity index (χ4v) is 3.41. The summed E-state index contributed by atoms with van der Waals surface area (Å²) >= 11 is 0. The van der Waals surface area contributed by atoms with Gasteiger partial charge in [0.25, 0.3) is 0 Å². The lowest BCUT2D eigenvalue weighted by atomic mass is 9.72. The van der Waals surface area contributed by atoms with E-state index in [-0.39, 0.29) is 6.10 Å². The number of hydrogen-bond donors (Lipinski definition) is 1. The van der Waals surface area contributed by atoms with Crippen molar-refractivity contribution in [3.05, 3.63) is 29.8 Å². The van der Waals surface area contributed by atoms with Crippen LogP contribution in [0.5, 0.6) is 5.75 Å². The zero-order valence-electron chi connectivity index (χ0n) is 14.0. The maximum atomic E-state index is 13.1. The van der Waals surface area contributed by atoms with E-state index in [4.69, 9.17) is 4.74 Å². The number of hydrogen-bond acceptors (Lipinski definition) is 3. The molecule has 0 aromatic heterocycles. The van der Waals surface area contributed by atoms with Gasteiger partial charge in [-0.25, -0.2) is 8.78 Å². The molecule has 1 N–H and O–H groups in total. The molecule has 1 aromatic carbocycles. The molecular weight excluding hydrogens is 300 g/mol. The molecule has 1 aromatic rings. The molecule has 1 aliphatic heterocycles. The highest BCUT2D eigenvalue weighted by molar-refractivity contribution is 5.23. The fraction of sp³-hybridized carbons (Fsp3) is 0.667. The molecule has 1 saturated heterocycles. The average Bonchev–Trinajstić information content (AvgIpc) is 2.46. The molecule has 1 aliphatic rings. The van der Waals surface area contributed by atoms with Crippen molar-refractivity contribution < 1.29 is 18.6 Å². The molecule has 0 bridgehead atoms. The summed E-state index contributed by atoms with van der Waals surface area (Å²) in [5.74, 6) is -1.38. The van der Waals surface area contributed by atoms with Crippen molar-refractivity contribution in [1.82, 2.24) is 4.90 Å². The van der Waals surface area contributed by atoms with Crippen LogP contribution in [-0.2, 0) is 0 Å². The van der Waals surface area contributed by atoms with E-state index in [1.165, 1.54) is 12.5 Å². The van der Waals surface area contributed by atoms with Crippen LogP contribution in [0.25, 0.3) is 0 Å². The minimum Gasteiger partial charge on any atom is -0.492 e. The standard InChI is InChI=1S/C18H27F2NO2/c1-3-7-18(8-6-14(2)22)12-21(13-18)9-10-23-15-4-5-16(19)17(20)11-15/h4-5,11,14,22H,3,6-10,12-13H2,1-2H3. The summed E-state index contributed by atoms with van der Waals surface area (Å²) < 4.78 is 31.4. The van der Waals surface area contributed by atoms with E-state index in [0.29, 0.717) is 17.8 Å². The molecular formula is C18H27F2NO2. The number of benzene rings is 1. The van der Waals surface area contributed by atoms with Crippen molar-refractivity contribution in [3.8, 4) is 5.75 Å². The third-order valence-electron chi connectivity index (χ3n) is 4.56. The molecule has 1 unspecified atom stereocenters. The van der Waals surface area contributed by atoms with Crippen LogP contribution in [0.1, 0.15) is 39.5 Å². The number of likely N-dealkylation sites (tertiary alicyclic amines) is 1. The number of rotatable bonds is 9. The van der Waals surface area contributed by atoms with Gasteiger partial charge in [-0.1, -0.05) is 13.3 Å². The third kappa shape index (κ3) is 5.15. The Morgan fingerprint density at radius 2 is 2.00 bits per heavy atom. The summed E-state index contributed by atoms with van der Waals surface area (Å²) in [4.78, 5) is 2.32. The van der Waals surface area contributed by atoms with Crippen molar-refractivity contribution >= 4 is 0 Å². The zero-order chi connectivity index (χ0) is 16.9. The Balaban J connectivity index is 1.72. The minimum atomic E-state index is -0.883. The van der Waals surface area contributed by atoms with E-state index in [9.17, 15) is 13.9 Å². The van der Waals surface area contributed by atoms with Crippen LogP contribution >= 0.6 is 0 Å². The van der Waals surface area contributed by atoms with E-state index >= 15 is 0 Å². The highest BCUT2D eigenvalue weighted by atomic mass is 19.2. The quantitative estimate of drug-likeness (QED) is 0.752. The summed E-state index contributed by atoms with van der Waals surface area (Å²) in [5.41, 5.74) is 0.327. The largest absolute Gasteiger partial charge is 0.492 e. The summed E-state index contributed by atoms with van der Waals surface area (Å²) in [7, 11) is 0. The van der Waals surface area contributed by atoms with Gasteiger partial charge < -0.3 is 9.84 Å². The van der Waals surface area contributed by atoms with Gasteiger partial charge in [-0.3, -0.25) is 4.90 Å². The Morgan fingerprint density at radius 3 is 2.61 bits per heavy atom. The molecule has 1 fully saturated rings. The van der Waals surface area contributed by atoms with Gasteiger partial charge in [0.05, 0.1) is 6.10 Å². The highest BCUT2D eigenvalue weighted by Gasteiger charge is 2.41. The Labute approximate surface area is 137 Å². The van der Waals surface area contributed by atoms with Gasteiger partial charge in [-0.2, -0.15) is 0 Å². The maximum Gasteiger partial charge on any atom is 0.162 e. The van der Waals surface area contributed by atoms with Crippen LogP contribution < -0.4 is 4.74 Å².